The van der Waals surface area contributed by atoms with Gasteiger partial charge in [0.05, 0.1) is 29.6 Å². The van der Waals surface area contributed by atoms with E-state index in [1.165, 1.54) is 55.1 Å². The second-order valence-corrected chi connectivity index (χ2v) is 9.24. The third-order valence-corrected chi connectivity index (χ3v) is 6.89. The number of hydrogen-bond acceptors (Lipinski definition) is 4. The van der Waals surface area contributed by atoms with Gasteiger partial charge in [0.2, 0.25) is 0 Å². The summed E-state index contributed by atoms with van der Waals surface area (Å²) in [7, 11) is 1.41. The van der Waals surface area contributed by atoms with Crippen LogP contribution in [0.1, 0.15) is 35.0 Å². The molecule has 0 fully saturated rings. The average molecular weight is 524 g/mol. The van der Waals surface area contributed by atoms with Crippen LogP contribution in [0.5, 0.6) is 0 Å². The summed E-state index contributed by atoms with van der Waals surface area (Å²) in [5, 5.41) is 28.4. The molecule has 0 bridgehead atoms. The van der Waals surface area contributed by atoms with Crippen LogP contribution in [0.3, 0.4) is 0 Å². The van der Waals surface area contributed by atoms with E-state index >= 15 is 4.39 Å². The standard InChI is InChI=1S/C28H24F3N3O4/c1-4-28(37,13-38-3)26-21(15-5-7-16(8-6-15)27(35)36)22-20(10-17-12-32-33-25(17)24(22)31)34(26)18-9-14(2)23(30)19(29)11-18/h5-12,37H,4,13H2,1-3H3,(H,32,33)(H,35,36)/t28-/m1/s1. The predicted octanol–water partition coefficient (Wildman–Crippen LogP) is 5.84. The number of aromatic carboxylic acids is 1. The Morgan fingerprint density at radius 3 is 2.45 bits per heavy atom. The first-order valence-electron chi connectivity index (χ1n) is 11.8. The van der Waals surface area contributed by atoms with Crippen molar-refractivity contribution >= 4 is 27.8 Å². The summed E-state index contributed by atoms with van der Waals surface area (Å²) in [6.45, 7) is 2.94. The summed E-state index contributed by atoms with van der Waals surface area (Å²) in [5.74, 6) is -3.91. The molecule has 0 saturated carbocycles. The van der Waals surface area contributed by atoms with Crippen molar-refractivity contribution in [2.24, 2.45) is 0 Å². The van der Waals surface area contributed by atoms with Gasteiger partial charge in [0, 0.05) is 35.2 Å². The van der Waals surface area contributed by atoms with Gasteiger partial charge in [-0.15, -0.1) is 0 Å². The molecule has 10 heteroatoms. The maximum Gasteiger partial charge on any atom is 0.335 e. The van der Waals surface area contributed by atoms with Crippen LogP contribution in [0, 0.1) is 24.4 Å². The predicted molar refractivity (Wildman–Crippen MR) is 136 cm³/mol. The van der Waals surface area contributed by atoms with E-state index in [1.54, 1.807) is 13.0 Å². The fourth-order valence-electron chi connectivity index (χ4n) is 4.99. The molecule has 0 spiro atoms. The molecule has 0 aliphatic carbocycles. The third kappa shape index (κ3) is 3.84. The molecule has 3 aromatic carbocycles. The van der Waals surface area contributed by atoms with E-state index in [-0.39, 0.29) is 57.5 Å². The van der Waals surface area contributed by atoms with Gasteiger partial charge in [0.1, 0.15) is 11.1 Å². The topological polar surface area (TPSA) is 100 Å². The van der Waals surface area contributed by atoms with E-state index < -0.39 is 29.0 Å². The van der Waals surface area contributed by atoms with Crippen LogP contribution in [0.25, 0.3) is 38.6 Å². The molecule has 1 atom stereocenters. The van der Waals surface area contributed by atoms with Gasteiger partial charge in [0.15, 0.2) is 17.5 Å². The van der Waals surface area contributed by atoms with Crippen molar-refractivity contribution < 1.29 is 32.9 Å². The van der Waals surface area contributed by atoms with Crippen molar-refractivity contribution in [3.8, 4) is 16.8 Å². The molecule has 0 amide bonds. The van der Waals surface area contributed by atoms with E-state index in [1.807, 2.05) is 0 Å². The van der Waals surface area contributed by atoms with Gasteiger partial charge in [-0.3, -0.25) is 5.10 Å². The van der Waals surface area contributed by atoms with Crippen LogP contribution < -0.4 is 0 Å². The Bertz CT molecular complexity index is 1690. The number of benzene rings is 3. The van der Waals surface area contributed by atoms with Crippen LogP contribution in [-0.2, 0) is 10.3 Å². The number of aryl methyl sites for hydroxylation is 1. The second-order valence-electron chi connectivity index (χ2n) is 9.24. The lowest BCUT2D eigenvalue weighted by Crippen LogP contribution is -2.33. The quantitative estimate of drug-likeness (QED) is 0.249. The molecule has 196 valence electrons. The number of nitrogens with one attached hydrogen (secondary N) is 1. The van der Waals surface area contributed by atoms with E-state index in [4.69, 9.17) is 4.74 Å². The van der Waals surface area contributed by atoms with E-state index in [0.29, 0.717) is 10.9 Å². The Kier molecular flexibility index (Phi) is 6.24. The lowest BCUT2D eigenvalue weighted by molar-refractivity contribution is -0.0422. The number of fused-ring (bicyclic) bond motifs is 2. The van der Waals surface area contributed by atoms with Gasteiger partial charge in [-0.1, -0.05) is 19.1 Å². The summed E-state index contributed by atoms with van der Waals surface area (Å²) in [4.78, 5) is 11.5. The van der Waals surface area contributed by atoms with Crippen LogP contribution in [0.4, 0.5) is 13.2 Å². The molecule has 0 radical (unpaired) electrons. The number of methoxy groups -OCH3 is 1. The van der Waals surface area contributed by atoms with Gasteiger partial charge >= 0.3 is 5.97 Å². The summed E-state index contributed by atoms with van der Waals surface area (Å²) < 4.78 is 52.1. The van der Waals surface area contributed by atoms with Crippen molar-refractivity contribution in [2.45, 2.75) is 25.9 Å². The van der Waals surface area contributed by atoms with E-state index in [2.05, 4.69) is 10.2 Å². The number of halogens is 3. The van der Waals surface area contributed by atoms with Crippen LogP contribution in [-0.4, -0.2) is 44.7 Å². The second kappa shape index (κ2) is 9.30. The van der Waals surface area contributed by atoms with E-state index in [9.17, 15) is 23.8 Å². The number of H-pyrrole nitrogens is 1. The zero-order valence-corrected chi connectivity index (χ0v) is 20.8. The highest BCUT2D eigenvalue weighted by Crippen LogP contribution is 2.46. The normalized spacial score (nSPS) is 13.3. The first-order valence-corrected chi connectivity index (χ1v) is 11.8. The molecule has 2 heterocycles. The number of aromatic amines is 1. The Hall–Kier alpha value is -4.15. The first kappa shape index (κ1) is 25.5. The number of nitrogens with zero attached hydrogens (tertiary/aromatic N) is 2. The van der Waals surface area contributed by atoms with Gasteiger partial charge in [0.25, 0.3) is 0 Å². The number of aromatic nitrogens is 3. The highest BCUT2D eigenvalue weighted by atomic mass is 19.2. The number of ether oxygens (including phenoxy) is 1. The Labute approximate surface area is 215 Å². The molecular formula is C28H24F3N3O4. The van der Waals surface area contributed by atoms with Gasteiger partial charge < -0.3 is 19.5 Å². The fourth-order valence-corrected chi connectivity index (χ4v) is 4.99. The molecule has 5 aromatic rings. The largest absolute Gasteiger partial charge is 0.478 e. The number of rotatable bonds is 7. The molecule has 7 nitrogen and oxygen atoms in total. The van der Waals surface area contributed by atoms with Crippen molar-refractivity contribution in [3.05, 3.63) is 82.9 Å². The van der Waals surface area contributed by atoms with Crippen molar-refractivity contribution in [1.29, 1.82) is 0 Å². The van der Waals surface area contributed by atoms with Gasteiger partial charge in [-0.05, 0) is 48.7 Å². The molecule has 38 heavy (non-hydrogen) atoms. The molecule has 0 saturated heterocycles. The van der Waals surface area contributed by atoms with Gasteiger partial charge in [-0.2, -0.15) is 5.10 Å². The minimum absolute atomic E-state index is 0.0225. The van der Waals surface area contributed by atoms with Gasteiger partial charge in [-0.25, -0.2) is 18.0 Å². The van der Waals surface area contributed by atoms with Crippen molar-refractivity contribution in [3.63, 3.8) is 0 Å². The smallest absolute Gasteiger partial charge is 0.335 e. The molecule has 0 aliphatic heterocycles. The number of aliphatic hydroxyl groups is 1. The maximum atomic E-state index is 16.2. The lowest BCUT2D eigenvalue weighted by atomic mass is 9.89. The van der Waals surface area contributed by atoms with Crippen LogP contribution >= 0.6 is 0 Å². The van der Waals surface area contributed by atoms with Crippen LogP contribution in [0.2, 0.25) is 0 Å². The molecule has 0 aliphatic rings. The Morgan fingerprint density at radius 1 is 1.13 bits per heavy atom. The molecule has 0 unspecified atom stereocenters. The molecule has 3 N–H and O–H groups in total. The summed E-state index contributed by atoms with van der Waals surface area (Å²) in [5.41, 5.74) is -0.236. The first-order chi connectivity index (χ1) is 18.1. The minimum Gasteiger partial charge on any atom is -0.478 e. The minimum atomic E-state index is -1.70. The highest BCUT2D eigenvalue weighted by molar-refractivity contribution is 6.06. The lowest BCUT2D eigenvalue weighted by Gasteiger charge is -2.30. The van der Waals surface area contributed by atoms with Crippen LogP contribution in [0.15, 0.2) is 48.7 Å². The fraction of sp³-hybridized carbons (Fsp3) is 0.214. The monoisotopic (exact) mass is 523 g/mol. The number of carboxylic acid groups (broad SMARTS) is 1. The Balaban J connectivity index is 2.02. The summed E-state index contributed by atoms with van der Waals surface area (Å²) in [6, 6.07) is 9.84. The summed E-state index contributed by atoms with van der Waals surface area (Å²) >= 11 is 0. The Morgan fingerprint density at radius 2 is 1.84 bits per heavy atom. The van der Waals surface area contributed by atoms with Crippen molar-refractivity contribution in [2.75, 3.05) is 13.7 Å². The average Bonchev–Trinajstić information content (AvgIpc) is 3.51. The maximum absolute atomic E-state index is 16.2. The SMILES string of the molecule is CC[C@@](O)(COC)c1c(-c2ccc(C(=O)O)cc2)c2c(F)c3[nH]ncc3cc2n1-c1cc(C)c(F)c(F)c1. The van der Waals surface area contributed by atoms with Crippen molar-refractivity contribution in [1.82, 2.24) is 14.8 Å². The third-order valence-electron chi connectivity index (χ3n) is 6.89. The number of hydrogen-bond donors (Lipinski definition) is 3. The molecule has 2 aromatic heterocycles. The zero-order chi connectivity index (χ0) is 27.4. The number of carboxylic acids is 1. The summed E-state index contributed by atoms with van der Waals surface area (Å²) in [6.07, 6.45) is 1.56. The number of carbonyl (C=O) groups is 1. The zero-order valence-electron chi connectivity index (χ0n) is 20.8. The highest BCUT2D eigenvalue weighted by Gasteiger charge is 2.38. The van der Waals surface area contributed by atoms with E-state index in [0.717, 1.165) is 6.07 Å². The molecular weight excluding hydrogens is 499 g/mol. The molecule has 5 rings (SSSR count).